The molecular formula is C16H12N4O4S2. The summed E-state index contributed by atoms with van der Waals surface area (Å²) in [6.45, 7) is 1.61. The Labute approximate surface area is 150 Å². The topological polar surface area (TPSA) is 125 Å². The Morgan fingerprint density at radius 3 is 2.38 bits per heavy atom. The number of thiazole rings is 1. The van der Waals surface area contributed by atoms with Crippen LogP contribution in [0.1, 0.15) is 5.56 Å². The number of benzene rings is 2. The molecule has 0 spiro atoms. The number of aromatic amines is 2. The van der Waals surface area contributed by atoms with E-state index in [-0.39, 0.29) is 15.5 Å². The van der Waals surface area contributed by atoms with Crippen molar-refractivity contribution in [3.05, 3.63) is 62.7 Å². The van der Waals surface area contributed by atoms with Crippen LogP contribution in [0.4, 0.5) is 5.13 Å². The zero-order valence-corrected chi connectivity index (χ0v) is 15.0. The lowest BCUT2D eigenvalue weighted by atomic mass is 10.2. The number of aromatic nitrogens is 3. The predicted octanol–water partition coefficient (Wildman–Crippen LogP) is 1.94. The lowest BCUT2D eigenvalue weighted by molar-refractivity contribution is 0.600. The standard InChI is InChI=1S/C16H12N4O4S2/c1-8-6-10-11(18-15(22)14(21)17-10)7-13(8)26(23,24)20-16-19-9-4-2-3-5-12(9)25-16/h2-7H,1H3,(H,17,21)(H,18,22)(H,19,20). The van der Waals surface area contributed by atoms with Crippen molar-refractivity contribution in [1.82, 2.24) is 15.0 Å². The van der Waals surface area contributed by atoms with Gasteiger partial charge in [-0.1, -0.05) is 23.5 Å². The minimum atomic E-state index is -3.92. The molecule has 0 atom stereocenters. The molecule has 0 saturated carbocycles. The van der Waals surface area contributed by atoms with E-state index in [1.807, 2.05) is 18.2 Å². The van der Waals surface area contributed by atoms with Gasteiger partial charge in [0.25, 0.3) is 10.0 Å². The van der Waals surface area contributed by atoms with Gasteiger partial charge in [-0.2, -0.15) is 0 Å². The molecule has 10 heteroatoms. The molecule has 0 amide bonds. The molecule has 0 bridgehead atoms. The Balaban J connectivity index is 1.81. The fraction of sp³-hybridized carbons (Fsp3) is 0.0625. The van der Waals surface area contributed by atoms with E-state index in [4.69, 9.17) is 0 Å². The van der Waals surface area contributed by atoms with Crippen LogP contribution in [0.25, 0.3) is 21.3 Å². The molecule has 4 aromatic rings. The first-order valence-corrected chi connectivity index (χ1v) is 9.79. The third-order valence-corrected chi connectivity index (χ3v) is 6.38. The summed E-state index contributed by atoms with van der Waals surface area (Å²) in [5.74, 6) is 0. The third-order valence-electron chi connectivity index (χ3n) is 3.82. The van der Waals surface area contributed by atoms with Gasteiger partial charge in [-0.3, -0.25) is 14.3 Å². The molecule has 0 fully saturated rings. The number of anilines is 1. The van der Waals surface area contributed by atoms with Gasteiger partial charge in [0, 0.05) is 0 Å². The van der Waals surface area contributed by atoms with Crippen molar-refractivity contribution in [3.63, 3.8) is 0 Å². The van der Waals surface area contributed by atoms with E-state index in [1.165, 1.54) is 23.5 Å². The second-order valence-electron chi connectivity index (χ2n) is 5.66. The van der Waals surface area contributed by atoms with Crippen molar-refractivity contribution in [1.29, 1.82) is 0 Å². The van der Waals surface area contributed by atoms with Crippen LogP contribution in [0.5, 0.6) is 0 Å². The molecule has 3 N–H and O–H groups in total. The monoisotopic (exact) mass is 388 g/mol. The van der Waals surface area contributed by atoms with Crippen LogP contribution in [0, 0.1) is 6.92 Å². The highest BCUT2D eigenvalue weighted by molar-refractivity contribution is 7.93. The SMILES string of the molecule is Cc1cc2[nH]c(=O)c(=O)[nH]c2cc1S(=O)(=O)Nc1nc2ccccc2s1. The average Bonchev–Trinajstić information content (AvgIpc) is 2.97. The Bertz CT molecular complexity index is 1350. The smallest absolute Gasteiger partial charge is 0.314 e. The third kappa shape index (κ3) is 2.78. The largest absolute Gasteiger partial charge is 0.316 e. The van der Waals surface area contributed by atoms with E-state index in [0.29, 0.717) is 16.6 Å². The zero-order valence-electron chi connectivity index (χ0n) is 13.4. The maximum absolute atomic E-state index is 12.8. The molecule has 2 aromatic heterocycles. The predicted molar refractivity (Wildman–Crippen MR) is 100 cm³/mol. The summed E-state index contributed by atoms with van der Waals surface area (Å²) in [4.78, 5) is 32.0. The number of aryl methyl sites for hydroxylation is 1. The van der Waals surface area contributed by atoms with Gasteiger partial charge < -0.3 is 9.97 Å². The number of fused-ring (bicyclic) bond motifs is 2. The first-order chi connectivity index (χ1) is 12.3. The Hall–Kier alpha value is -2.98. The van der Waals surface area contributed by atoms with Crippen molar-refractivity contribution in [2.75, 3.05) is 4.72 Å². The fourth-order valence-corrected chi connectivity index (χ4v) is 4.98. The van der Waals surface area contributed by atoms with Crippen LogP contribution in [0.2, 0.25) is 0 Å². The van der Waals surface area contributed by atoms with E-state index in [0.717, 1.165) is 4.70 Å². The number of nitrogens with one attached hydrogen (secondary N) is 3. The second kappa shape index (κ2) is 5.78. The molecule has 0 unspecified atom stereocenters. The summed E-state index contributed by atoms with van der Waals surface area (Å²) < 4.78 is 28.9. The molecule has 26 heavy (non-hydrogen) atoms. The van der Waals surface area contributed by atoms with Gasteiger partial charge in [0.05, 0.1) is 26.1 Å². The molecule has 132 valence electrons. The highest BCUT2D eigenvalue weighted by atomic mass is 32.2. The van der Waals surface area contributed by atoms with Crippen LogP contribution >= 0.6 is 11.3 Å². The summed E-state index contributed by atoms with van der Waals surface area (Å²) >= 11 is 1.23. The number of hydrogen-bond donors (Lipinski definition) is 3. The van der Waals surface area contributed by atoms with Gasteiger partial charge in [-0.05, 0) is 36.8 Å². The molecule has 0 radical (unpaired) electrons. The summed E-state index contributed by atoms with van der Waals surface area (Å²) in [5, 5.41) is 0.251. The molecule has 2 aromatic carbocycles. The fourth-order valence-electron chi connectivity index (χ4n) is 2.63. The summed E-state index contributed by atoms with van der Waals surface area (Å²) in [5.41, 5.74) is 0.0704. The van der Waals surface area contributed by atoms with E-state index in [1.54, 1.807) is 13.0 Å². The molecule has 0 aliphatic rings. The van der Waals surface area contributed by atoms with Gasteiger partial charge in [-0.25, -0.2) is 13.4 Å². The molecule has 4 rings (SSSR count). The second-order valence-corrected chi connectivity index (χ2v) is 8.35. The highest BCUT2D eigenvalue weighted by Gasteiger charge is 2.20. The lowest BCUT2D eigenvalue weighted by Crippen LogP contribution is -2.29. The van der Waals surface area contributed by atoms with Crippen molar-refractivity contribution >= 4 is 47.7 Å². The summed E-state index contributed by atoms with van der Waals surface area (Å²) in [6.07, 6.45) is 0. The summed E-state index contributed by atoms with van der Waals surface area (Å²) in [6, 6.07) is 10.1. The van der Waals surface area contributed by atoms with E-state index in [9.17, 15) is 18.0 Å². The lowest BCUT2D eigenvalue weighted by Gasteiger charge is -2.09. The first kappa shape index (κ1) is 16.5. The minimum Gasteiger partial charge on any atom is -0.316 e. The molecule has 0 aliphatic carbocycles. The quantitative estimate of drug-likeness (QED) is 0.463. The molecule has 0 aliphatic heterocycles. The molecule has 8 nitrogen and oxygen atoms in total. The van der Waals surface area contributed by atoms with Crippen molar-refractivity contribution < 1.29 is 8.42 Å². The van der Waals surface area contributed by atoms with Gasteiger partial charge in [-0.15, -0.1) is 0 Å². The highest BCUT2D eigenvalue weighted by Crippen LogP contribution is 2.28. The van der Waals surface area contributed by atoms with Gasteiger partial charge in [0.15, 0.2) is 5.13 Å². The number of hydrogen-bond acceptors (Lipinski definition) is 6. The summed E-state index contributed by atoms with van der Waals surface area (Å²) in [7, 11) is -3.92. The van der Waals surface area contributed by atoms with Crippen LogP contribution in [0.15, 0.2) is 50.9 Å². The van der Waals surface area contributed by atoms with Crippen molar-refractivity contribution in [2.24, 2.45) is 0 Å². The van der Waals surface area contributed by atoms with E-state index >= 15 is 0 Å². The van der Waals surface area contributed by atoms with Crippen LogP contribution < -0.4 is 15.8 Å². The number of sulfonamides is 1. The number of H-pyrrole nitrogens is 2. The zero-order chi connectivity index (χ0) is 18.5. The minimum absolute atomic E-state index is 0.00745. The van der Waals surface area contributed by atoms with Gasteiger partial charge in [0.1, 0.15) is 0 Å². The number of nitrogens with zero attached hydrogens (tertiary/aromatic N) is 1. The van der Waals surface area contributed by atoms with Gasteiger partial charge >= 0.3 is 11.1 Å². The number of para-hydroxylation sites is 1. The maximum Gasteiger partial charge on any atom is 0.314 e. The average molecular weight is 388 g/mol. The van der Waals surface area contributed by atoms with E-state index in [2.05, 4.69) is 19.7 Å². The van der Waals surface area contributed by atoms with Crippen LogP contribution in [0.3, 0.4) is 0 Å². The number of rotatable bonds is 3. The maximum atomic E-state index is 12.8. The van der Waals surface area contributed by atoms with Crippen molar-refractivity contribution in [2.45, 2.75) is 11.8 Å². The Morgan fingerprint density at radius 1 is 1.04 bits per heavy atom. The van der Waals surface area contributed by atoms with Crippen LogP contribution in [-0.2, 0) is 10.0 Å². The Kier molecular flexibility index (Phi) is 3.67. The van der Waals surface area contributed by atoms with Crippen molar-refractivity contribution in [3.8, 4) is 0 Å². The molecule has 2 heterocycles. The molecular weight excluding hydrogens is 376 g/mol. The van der Waals surface area contributed by atoms with E-state index < -0.39 is 21.1 Å². The molecule has 0 saturated heterocycles. The Morgan fingerprint density at radius 2 is 1.69 bits per heavy atom. The normalized spacial score (nSPS) is 11.9. The van der Waals surface area contributed by atoms with Gasteiger partial charge in [0.2, 0.25) is 0 Å². The van der Waals surface area contributed by atoms with Crippen LogP contribution in [-0.4, -0.2) is 23.4 Å². The first-order valence-electron chi connectivity index (χ1n) is 7.49.